The van der Waals surface area contributed by atoms with Crippen molar-refractivity contribution >= 4 is 34.9 Å². The van der Waals surface area contributed by atoms with E-state index in [0.717, 1.165) is 11.1 Å². The highest BCUT2D eigenvalue weighted by molar-refractivity contribution is 6.13. The lowest BCUT2D eigenvalue weighted by molar-refractivity contribution is -0.400. The third kappa shape index (κ3) is 6.26. The van der Waals surface area contributed by atoms with Crippen LogP contribution in [0.1, 0.15) is 47.1 Å². The molecular weight excluding hydrogens is 390 g/mol. The van der Waals surface area contributed by atoms with E-state index in [4.69, 9.17) is 9.47 Å². The summed E-state index contributed by atoms with van der Waals surface area (Å²) < 4.78 is 10.8. The zero-order valence-corrected chi connectivity index (χ0v) is 17.8. The standard InChI is InChI=1S/C21H25N3O6/c1-20(2,3)29-18(25)24(19(26)30-21(4,5)6)17-16-8-7-14(10-12-23(27)28)13-15(16)9-11-22-17/h7-13H,1-6H3/b12-10+. The van der Waals surface area contributed by atoms with Gasteiger partial charge >= 0.3 is 12.2 Å². The second-order valence-electron chi connectivity index (χ2n) is 8.51. The van der Waals surface area contributed by atoms with Gasteiger partial charge in [-0.15, -0.1) is 0 Å². The van der Waals surface area contributed by atoms with Gasteiger partial charge in [0.1, 0.15) is 11.2 Å². The number of pyridine rings is 1. The van der Waals surface area contributed by atoms with Gasteiger partial charge in [-0.2, -0.15) is 4.90 Å². The Morgan fingerprint density at radius 3 is 2.10 bits per heavy atom. The van der Waals surface area contributed by atoms with Gasteiger partial charge in [0, 0.05) is 17.7 Å². The van der Waals surface area contributed by atoms with E-state index in [0.29, 0.717) is 16.3 Å². The first-order valence-corrected chi connectivity index (χ1v) is 9.23. The molecule has 0 unspecified atom stereocenters. The number of anilines is 1. The minimum absolute atomic E-state index is 0.0424. The van der Waals surface area contributed by atoms with Crippen molar-refractivity contribution in [2.75, 3.05) is 4.90 Å². The van der Waals surface area contributed by atoms with Gasteiger partial charge < -0.3 is 9.47 Å². The molecule has 1 aromatic heterocycles. The van der Waals surface area contributed by atoms with Gasteiger partial charge in [0.2, 0.25) is 6.20 Å². The first kappa shape index (κ1) is 22.8. The predicted octanol–water partition coefficient (Wildman–Crippen LogP) is 5.16. The molecule has 0 spiro atoms. The molecule has 30 heavy (non-hydrogen) atoms. The number of carbonyl (C=O) groups excluding carboxylic acids is 2. The molecule has 0 radical (unpaired) electrons. The summed E-state index contributed by atoms with van der Waals surface area (Å²) in [5.74, 6) is 0.0424. The van der Waals surface area contributed by atoms with Gasteiger partial charge in [-0.05, 0) is 64.6 Å². The number of nitrogens with zero attached hydrogens (tertiary/aromatic N) is 3. The highest BCUT2D eigenvalue weighted by atomic mass is 16.6. The molecule has 0 saturated heterocycles. The van der Waals surface area contributed by atoms with Gasteiger partial charge in [-0.3, -0.25) is 10.1 Å². The zero-order chi connectivity index (χ0) is 22.7. The Balaban J connectivity index is 2.57. The summed E-state index contributed by atoms with van der Waals surface area (Å²) in [6, 6.07) is 6.60. The van der Waals surface area contributed by atoms with E-state index in [9.17, 15) is 19.7 Å². The second-order valence-corrected chi connectivity index (χ2v) is 8.51. The SMILES string of the molecule is CC(C)(C)OC(=O)N(C(=O)OC(C)(C)C)c1nccc2cc(/C=C/[N+](=O)[O-])ccc12. The van der Waals surface area contributed by atoms with Crippen molar-refractivity contribution in [3.05, 3.63) is 52.3 Å². The van der Waals surface area contributed by atoms with Crippen molar-refractivity contribution in [2.24, 2.45) is 0 Å². The maximum atomic E-state index is 12.9. The quantitative estimate of drug-likeness (QED) is 0.503. The van der Waals surface area contributed by atoms with Gasteiger partial charge in [0.05, 0.1) is 4.92 Å². The zero-order valence-electron chi connectivity index (χ0n) is 17.8. The Labute approximate surface area is 174 Å². The van der Waals surface area contributed by atoms with E-state index in [-0.39, 0.29) is 5.82 Å². The number of benzene rings is 1. The Morgan fingerprint density at radius 2 is 1.60 bits per heavy atom. The molecule has 1 heterocycles. The topological polar surface area (TPSA) is 112 Å². The number of carbonyl (C=O) groups is 2. The Morgan fingerprint density at radius 1 is 1.03 bits per heavy atom. The summed E-state index contributed by atoms with van der Waals surface area (Å²) in [6.45, 7) is 10.1. The fourth-order valence-electron chi connectivity index (χ4n) is 2.47. The number of nitro groups is 1. The Hall–Kier alpha value is -3.49. The first-order valence-electron chi connectivity index (χ1n) is 9.23. The molecule has 0 bridgehead atoms. The molecule has 0 aliphatic carbocycles. The van der Waals surface area contributed by atoms with E-state index >= 15 is 0 Å². The molecule has 0 aliphatic heterocycles. The van der Waals surface area contributed by atoms with E-state index < -0.39 is 28.3 Å². The maximum Gasteiger partial charge on any atom is 0.425 e. The number of fused-ring (bicyclic) bond motifs is 1. The smallest absolute Gasteiger partial charge is 0.425 e. The Bertz CT molecular complexity index is 974. The molecule has 1 aromatic carbocycles. The number of aromatic nitrogens is 1. The van der Waals surface area contributed by atoms with E-state index in [2.05, 4.69) is 4.98 Å². The number of hydrogen-bond acceptors (Lipinski definition) is 7. The summed E-state index contributed by atoms with van der Waals surface area (Å²) in [6.07, 6.45) is 1.76. The van der Waals surface area contributed by atoms with Gasteiger partial charge in [0.15, 0.2) is 5.82 Å². The molecule has 9 heteroatoms. The highest BCUT2D eigenvalue weighted by Crippen LogP contribution is 2.28. The lowest BCUT2D eigenvalue weighted by Crippen LogP contribution is -2.44. The van der Waals surface area contributed by atoms with Gasteiger partial charge in [-0.25, -0.2) is 14.6 Å². The third-order valence-electron chi connectivity index (χ3n) is 3.52. The lowest BCUT2D eigenvalue weighted by atomic mass is 10.1. The molecule has 9 nitrogen and oxygen atoms in total. The van der Waals surface area contributed by atoms with Crippen LogP contribution in [-0.2, 0) is 9.47 Å². The molecule has 0 N–H and O–H groups in total. The van der Waals surface area contributed by atoms with Crippen molar-refractivity contribution in [2.45, 2.75) is 52.7 Å². The average Bonchev–Trinajstić information content (AvgIpc) is 2.56. The minimum atomic E-state index is -0.922. The largest absolute Gasteiger partial charge is 0.443 e. The fraction of sp³-hybridized carbons (Fsp3) is 0.381. The number of rotatable bonds is 3. The van der Waals surface area contributed by atoms with Crippen LogP contribution in [0.25, 0.3) is 16.8 Å². The van der Waals surface area contributed by atoms with E-state index in [1.165, 1.54) is 12.3 Å². The Kier molecular flexibility index (Phi) is 6.44. The summed E-state index contributed by atoms with van der Waals surface area (Å²) in [5.41, 5.74) is -1.11. The molecule has 2 rings (SSSR count). The van der Waals surface area contributed by atoms with Gasteiger partial charge in [-0.1, -0.05) is 12.1 Å². The average molecular weight is 415 g/mol. The van der Waals surface area contributed by atoms with Crippen LogP contribution >= 0.6 is 0 Å². The number of ether oxygens (including phenoxy) is 2. The molecular formula is C21H25N3O6. The molecule has 160 valence electrons. The fourth-order valence-corrected chi connectivity index (χ4v) is 2.47. The van der Waals surface area contributed by atoms with Crippen molar-refractivity contribution < 1.29 is 24.0 Å². The molecule has 0 atom stereocenters. The van der Waals surface area contributed by atoms with Crippen LogP contribution in [0.15, 0.2) is 36.7 Å². The van der Waals surface area contributed by atoms with Crippen LogP contribution < -0.4 is 4.90 Å². The minimum Gasteiger partial charge on any atom is -0.443 e. The molecule has 2 aromatic rings. The number of amides is 2. The first-order chi connectivity index (χ1) is 13.8. The van der Waals surface area contributed by atoms with E-state index in [1.54, 1.807) is 65.8 Å². The number of imide groups is 1. The van der Waals surface area contributed by atoms with Crippen molar-refractivity contribution in [1.82, 2.24) is 4.98 Å². The lowest BCUT2D eigenvalue weighted by Gasteiger charge is -2.28. The van der Waals surface area contributed by atoms with Crippen molar-refractivity contribution in [1.29, 1.82) is 0 Å². The van der Waals surface area contributed by atoms with Crippen LogP contribution in [0.5, 0.6) is 0 Å². The predicted molar refractivity (Wildman–Crippen MR) is 113 cm³/mol. The van der Waals surface area contributed by atoms with Crippen molar-refractivity contribution in [3.63, 3.8) is 0 Å². The summed E-state index contributed by atoms with van der Waals surface area (Å²) in [7, 11) is 0. The molecule has 2 amide bonds. The second kappa shape index (κ2) is 8.48. The van der Waals surface area contributed by atoms with Crippen LogP contribution in [0.2, 0.25) is 0 Å². The molecule has 0 saturated carbocycles. The van der Waals surface area contributed by atoms with Crippen LogP contribution in [0.3, 0.4) is 0 Å². The normalized spacial score (nSPS) is 12.1. The van der Waals surface area contributed by atoms with Crippen LogP contribution in [-0.4, -0.2) is 33.3 Å². The molecule has 0 fully saturated rings. The maximum absolute atomic E-state index is 12.9. The number of hydrogen-bond donors (Lipinski definition) is 0. The molecule has 0 aliphatic rings. The highest BCUT2D eigenvalue weighted by Gasteiger charge is 2.34. The summed E-state index contributed by atoms with van der Waals surface area (Å²) in [5, 5.41) is 11.7. The van der Waals surface area contributed by atoms with E-state index in [1.807, 2.05) is 0 Å². The summed E-state index contributed by atoms with van der Waals surface area (Å²) >= 11 is 0. The van der Waals surface area contributed by atoms with Crippen molar-refractivity contribution in [3.8, 4) is 0 Å². The van der Waals surface area contributed by atoms with Crippen LogP contribution in [0, 0.1) is 10.1 Å². The summed E-state index contributed by atoms with van der Waals surface area (Å²) in [4.78, 5) is 40.7. The third-order valence-corrected chi connectivity index (χ3v) is 3.52. The van der Waals surface area contributed by atoms with Gasteiger partial charge in [0.25, 0.3) is 0 Å². The van der Waals surface area contributed by atoms with Crippen LogP contribution in [0.4, 0.5) is 15.4 Å². The monoisotopic (exact) mass is 415 g/mol.